The monoisotopic (exact) mass is 304 g/mol. The lowest BCUT2D eigenvalue weighted by molar-refractivity contribution is 0.0935. The Labute approximate surface area is 134 Å². The van der Waals surface area contributed by atoms with Crippen molar-refractivity contribution >= 4 is 11.6 Å². The molecule has 0 radical (unpaired) electrons. The van der Waals surface area contributed by atoms with Gasteiger partial charge in [0.25, 0.3) is 5.91 Å². The van der Waals surface area contributed by atoms with Crippen molar-refractivity contribution < 1.29 is 4.79 Å². The van der Waals surface area contributed by atoms with E-state index >= 15 is 0 Å². The number of rotatable bonds is 2. The van der Waals surface area contributed by atoms with Crippen LogP contribution >= 0.6 is 0 Å². The van der Waals surface area contributed by atoms with E-state index in [4.69, 9.17) is 0 Å². The van der Waals surface area contributed by atoms with Crippen molar-refractivity contribution in [2.75, 3.05) is 5.32 Å². The number of fused-ring (bicyclic) bond motifs is 1. The summed E-state index contributed by atoms with van der Waals surface area (Å²) in [6.07, 6.45) is 3.42. The molecular formula is C18H16N4O. The van der Waals surface area contributed by atoms with Gasteiger partial charge < -0.3 is 10.6 Å². The van der Waals surface area contributed by atoms with Crippen molar-refractivity contribution in [3.8, 4) is 5.69 Å². The normalized spacial score (nSPS) is 16.4. The van der Waals surface area contributed by atoms with Gasteiger partial charge in [-0.15, -0.1) is 0 Å². The number of amides is 1. The van der Waals surface area contributed by atoms with Gasteiger partial charge in [0.05, 0.1) is 23.1 Å². The third-order valence-corrected chi connectivity index (χ3v) is 4.04. The molecule has 3 aromatic rings. The molecule has 1 amide bonds. The lowest BCUT2D eigenvalue weighted by Gasteiger charge is -2.28. The van der Waals surface area contributed by atoms with Gasteiger partial charge in [-0.25, -0.2) is 4.68 Å². The molecule has 0 fully saturated rings. The standard InChI is InChI=1S/C18H16N4O/c1-12-6-5-9-15-16(12)20-17(21-18(15)23)13-10-19-22(11-13)14-7-3-2-4-8-14/h2-11,17,20H,1H3,(H,21,23). The molecule has 0 aliphatic carbocycles. The number of aromatic nitrogens is 2. The Morgan fingerprint density at radius 1 is 1.04 bits per heavy atom. The maximum Gasteiger partial charge on any atom is 0.255 e. The van der Waals surface area contributed by atoms with E-state index < -0.39 is 0 Å². The lowest BCUT2D eigenvalue weighted by Crippen LogP contribution is -2.38. The minimum absolute atomic E-state index is 0.0695. The van der Waals surface area contributed by atoms with Gasteiger partial charge >= 0.3 is 0 Å². The first kappa shape index (κ1) is 13.6. The fourth-order valence-electron chi connectivity index (χ4n) is 2.81. The second-order valence-electron chi connectivity index (χ2n) is 5.60. The highest BCUT2D eigenvalue weighted by Crippen LogP contribution is 2.29. The number of hydrogen-bond acceptors (Lipinski definition) is 3. The highest BCUT2D eigenvalue weighted by atomic mass is 16.2. The van der Waals surface area contributed by atoms with Crippen molar-refractivity contribution in [2.24, 2.45) is 0 Å². The van der Waals surface area contributed by atoms with Crippen molar-refractivity contribution in [3.63, 3.8) is 0 Å². The van der Waals surface area contributed by atoms with Gasteiger partial charge in [0.1, 0.15) is 6.17 Å². The van der Waals surface area contributed by atoms with E-state index in [2.05, 4.69) is 15.7 Å². The Morgan fingerprint density at radius 3 is 2.70 bits per heavy atom. The molecule has 0 saturated heterocycles. The summed E-state index contributed by atoms with van der Waals surface area (Å²) in [5, 5.41) is 10.8. The fourth-order valence-corrected chi connectivity index (χ4v) is 2.81. The third-order valence-electron chi connectivity index (χ3n) is 4.04. The van der Waals surface area contributed by atoms with Crippen LogP contribution in [0.5, 0.6) is 0 Å². The van der Waals surface area contributed by atoms with Gasteiger partial charge in [-0.05, 0) is 30.7 Å². The minimum atomic E-state index is -0.284. The molecule has 1 aliphatic heterocycles. The zero-order valence-corrected chi connectivity index (χ0v) is 12.7. The van der Waals surface area contributed by atoms with Gasteiger partial charge in [0, 0.05) is 11.8 Å². The number of para-hydroxylation sites is 2. The molecule has 2 heterocycles. The highest BCUT2D eigenvalue weighted by molar-refractivity contribution is 6.02. The average Bonchev–Trinajstić information content (AvgIpc) is 3.07. The Bertz CT molecular complexity index is 870. The summed E-state index contributed by atoms with van der Waals surface area (Å²) < 4.78 is 1.80. The van der Waals surface area contributed by atoms with Crippen molar-refractivity contribution in [2.45, 2.75) is 13.1 Å². The van der Waals surface area contributed by atoms with Crippen LogP contribution < -0.4 is 10.6 Å². The van der Waals surface area contributed by atoms with Gasteiger partial charge in [-0.2, -0.15) is 5.10 Å². The Hall–Kier alpha value is -3.08. The van der Waals surface area contributed by atoms with E-state index in [1.807, 2.05) is 61.7 Å². The van der Waals surface area contributed by atoms with Crippen LogP contribution in [0.15, 0.2) is 60.9 Å². The molecule has 0 spiro atoms. The van der Waals surface area contributed by atoms with Gasteiger partial charge in [0.2, 0.25) is 0 Å². The van der Waals surface area contributed by atoms with Gasteiger partial charge in [-0.1, -0.05) is 30.3 Å². The molecule has 5 heteroatoms. The van der Waals surface area contributed by atoms with Crippen molar-refractivity contribution in [1.82, 2.24) is 15.1 Å². The van der Waals surface area contributed by atoms with E-state index in [0.29, 0.717) is 5.56 Å². The number of benzene rings is 2. The van der Waals surface area contributed by atoms with Crippen molar-refractivity contribution in [1.29, 1.82) is 0 Å². The number of nitrogens with one attached hydrogen (secondary N) is 2. The molecule has 4 rings (SSSR count). The van der Waals surface area contributed by atoms with E-state index in [1.165, 1.54) is 0 Å². The second-order valence-corrected chi connectivity index (χ2v) is 5.60. The number of anilines is 1. The quantitative estimate of drug-likeness (QED) is 0.765. The van der Waals surface area contributed by atoms with Crippen LogP contribution in [0.2, 0.25) is 0 Å². The summed E-state index contributed by atoms with van der Waals surface area (Å²) in [5.41, 5.74) is 4.51. The van der Waals surface area contributed by atoms with E-state index in [-0.39, 0.29) is 12.1 Å². The summed E-state index contributed by atoms with van der Waals surface area (Å²) in [7, 11) is 0. The SMILES string of the molecule is Cc1cccc2c1NC(c1cnn(-c3ccccc3)c1)NC2=O. The summed E-state index contributed by atoms with van der Waals surface area (Å²) in [6, 6.07) is 15.6. The fraction of sp³-hybridized carbons (Fsp3) is 0.111. The first-order valence-corrected chi connectivity index (χ1v) is 7.49. The van der Waals surface area contributed by atoms with Crippen LogP contribution in [-0.2, 0) is 0 Å². The van der Waals surface area contributed by atoms with Crippen LogP contribution in [0.1, 0.15) is 27.7 Å². The zero-order valence-electron chi connectivity index (χ0n) is 12.7. The number of carbonyl (C=O) groups excluding carboxylic acids is 1. The van der Waals surface area contributed by atoms with Gasteiger partial charge in [0.15, 0.2) is 0 Å². The lowest BCUT2D eigenvalue weighted by atomic mass is 10.0. The summed E-state index contributed by atoms with van der Waals surface area (Å²) in [6.45, 7) is 1.99. The molecule has 114 valence electrons. The number of aryl methyl sites for hydroxylation is 1. The van der Waals surface area contributed by atoms with E-state index in [9.17, 15) is 4.79 Å². The first-order chi connectivity index (χ1) is 11.2. The molecule has 2 N–H and O–H groups in total. The molecule has 1 unspecified atom stereocenters. The molecule has 1 aliphatic rings. The largest absolute Gasteiger partial charge is 0.361 e. The number of hydrogen-bond donors (Lipinski definition) is 2. The van der Waals surface area contributed by atoms with Crippen molar-refractivity contribution in [3.05, 3.63) is 77.6 Å². The Balaban J connectivity index is 1.67. The maximum absolute atomic E-state index is 12.3. The summed E-state index contributed by atoms with van der Waals surface area (Å²) in [5.74, 6) is -0.0695. The van der Waals surface area contributed by atoms with Crippen LogP contribution in [0.3, 0.4) is 0 Å². The molecule has 0 bridgehead atoms. The second kappa shape index (κ2) is 5.28. The van der Waals surface area contributed by atoms with Crippen LogP contribution in [0.25, 0.3) is 5.69 Å². The van der Waals surface area contributed by atoms with Crippen LogP contribution in [-0.4, -0.2) is 15.7 Å². The Kier molecular flexibility index (Phi) is 3.12. The molecule has 23 heavy (non-hydrogen) atoms. The predicted octanol–water partition coefficient (Wildman–Crippen LogP) is 3.03. The van der Waals surface area contributed by atoms with Crippen LogP contribution in [0.4, 0.5) is 5.69 Å². The average molecular weight is 304 g/mol. The molecule has 5 nitrogen and oxygen atoms in total. The first-order valence-electron chi connectivity index (χ1n) is 7.49. The predicted molar refractivity (Wildman–Crippen MR) is 88.6 cm³/mol. The molecular weight excluding hydrogens is 288 g/mol. The number of carbonyl (C=O) groups is 1. The topological polar surface area (TPSA) is 59.0 Å². The van der Waals surface area contributed by atoms with Gasteiger partial charge in [-0.3, -0.25) is 4.79 Å². The smallest absolute Gasteiger partial charge is 0.255 e. The third kappa shape index (κ3) is 2.36. The van der Waals surface area contributed by atoms with Crippen LogP contribution in [0, 0.1) is 6.92 Å². The van der Waals surface area contributed by atoms with E-state index in [0.717, 1.165) is 22.5 Å². The minimum Gasteiger partial charge on any atom is -0.361 e. The molecule has 1 aromatic heterocycles. The number of nitrogens with zero attached hydrogens (tertiary/aromatic N) is 2. The summed E-state index contributed by atoms with van der Waals surface area (Å²) >= 11 is 0. The Morgan fingerprint density at radius 2 is 1.87 bits per heavy atom. The molecule has 1 atom stereocenters. The zero-order chi connectivity index (χ0) is 15.8. The highest BCUT2D eigenvalue weighted by Gasteiger charge is 2.26. The van der Waals surface area contributed by atoms with E-state index in [1.54, 1.807) is 10.9 Å². The maximum atomic E-state index is 12.3. The molecule has 0 saturated carbocycles. The molecule has 2 aromatic carbocycles. The summed E-state index contributed by atoms with van der Waals surface area (Å²) in [4.78, 5) is 12.3.